The van der Waals surface area contributed by atoms with Crippen molar-refractivity contribution in [3.63, 3.8) is 0 Å². The minimum atomic E-state index is 0.0678. The number of carbonyl (C=O) groups is 2. The Morgan fingerprint density at radius 2 is 0.750 bits per heavy atom. The highest BCUT2D eigenvalue weighted by Gasteiger charge is 2.13. The molecule has 40 heavy (non-hydrogen) atoms. The van der Waals surface area contributed by atoms with Gasteiger partial charge >= 0.3 is 0 Å². The smallest absolute Gasteiger partial charge is 0.220 e. The van der Waals surface area contributed by atoms with E-state index < -0.39 is 0 Å². The van der Waals surface area contributed by atoms with Gasteiger partial charge in [-0.05, 0) is 19.3 Å². The summed E-state index contributed by atoms with van der Waals surface area (Å²) in [6.07, 6.45) is 35.4. The largest absolute Gasteiger partial charge is 0.354 e. The third-order valence-corrected chi connectivity index (χ3v) is 8.33. The molecular formula is C36H72N2O2. The molecule has 0 saturated heterocycles. The minimum absolute atomic E-state index is 0.0678. The zero-order valence-corrected chi connectivity index (χ0v) is 27.6. The van der Waals surface area contributed by atoms with Crippen molar-refractivity contribution < 1.29 is 9.59 Å². The lowest BCUT2D eigenvalue weighted by atomic mass is 10.0. The molecule has 0 bridgehead atoms. The minimum Gasteiger partial charge on any atom is -0.354 e. The first kappa shape index (κ1) is 38.9. The Labute approximate surface area is 251 Å². The van der Waals surface area contributed by atoms with Crippen LogP contribution >= 0.6 is 0 Å². The van der Waals surface area contributed by atoms with E-state index in [4.69, 9.17) is 0 Å². The maximum absolute atomic E-state index is 12.7. The van der Waals surface area contributed by atoms with E-state index in [-0.39, 0.29) is 17.9 Å². The van der Waals surface area contributed by atoms with Gasteiger partial charge in [-0.2, -0.15) is 0 Å². The Balaban J connectivity index is 4.17. The number of amides is 2. The second-order valence-corrected chi connectivity index (χ2v) is 12.5. The number of nitrogens with one attached hydrogen (secondary N) is 2. The van der Waals surface area contributed by atoms with Gasteiger partial charge in [0.1, 0.15) is 0 Å². The van der Waals surface area contributed by atoms with Crippen molar-refractivity contribution in [2.45, 2.75) is 213 Å². The van der Waals surface area contributed by atoms with Crippen molar-refractivity contribution in [3.8, 4) is 0 Å². The number of rotatable bonds is 32. The van der Waals surface area contributed by atoms with Crippen molar-refractivity contribution in [2.24, 2.45) is 0 Å². The molecule has 0 aliphatic rings. The highest BCUT2D eigenvalue weighted by molar-refractivity contribution is 5.77. The summed E-state index contributed by atoms with van der Waals surface area (Å²) in [5.41, 5.74) is 0. The summed E-state index contributed by atoms with van der Waals surface area (Å²) in [5, 5.41) is 6.41. The number of unbranched alkanes of at least 4 members (excludes halogenated alkanes) is 23. The number of carbonyl (C=O) groups excluding carboxylic acids is 2. The summed E-state index contributed by atoms with van der Waals surface area (Å²) in [4.78, 5) is 25.1. The Morgan fingerprint density at radius 1 is 0.425 bits per heavy atom. The van der Waals surface area contributed by atoms with Crippen molar-refractivity contribution in [1.82, 2.24) is 10.6 Å². The van der Waals surface area contributed by atoms with E-state index in [0.29, 0.717) is 19.4 Å². The molecule has 0 aromatic rings. The van der Waals surface area contributed by atoms with E-state index in [9.17, 15) is 9.59 Å². The summed E-state index contributed by atoms with van der Waals surface area (Å²) < 4.78 is 0. The molecule has 4 heteroatoms. The van der Waals surface area contributed by atoms with Crippen molar-refractivity contribution in [1.29, 1.82) is 0 Å². The van der Waals surface area contributed by atoms with Gasteiger partial charge in [0, 0.05) is 25.4 Å². The lowest BCUT2D eigenvalue weighted by Crippen LogP contribution is -2.43. The number of hydrogen-bond acceptors (Lipinski definition) is 2. The maximum atomic E-state index is 12.7. The molecule has 1 atom stereocenters. The molecule has 0 saturated carbocycles. The van der Waals surface area contributed by atoms with E-state index in [2.05, 4.69) is 31.4 Å². The Hall–Kier alpha value is -1.06. The predicted molar refractivity (Wildman–Crippen MR) is 176 cm³/mol. The van der Waals surface area contributed by atoms with E-state index in [1.807, 2.05) is 0 Å². The van der Waals surface area contributed by atoms with Crippen LogP contribution in [0.3, 0.4) is 0 Å². The normalized spacial score (nSPS) is 12.0. The lowest BCUT2D eigenvalue weighted by molar-refractivity contribution is -0.123. The quantitative estimate of drug-likeness (QED) is 0.0798. The van der Waals surface area contributed by atoms with Crippen LogP contribution in [0.15, 0.2) is 0 Å². The Kier molecular flexibility index (Phi) is 31.6. The zero-order chi connectivity index (χ0) is 29.4. The molecular weight excluding hydrogens is 492 g/mol. The Morgan fingerprint density at radius 3 is 1.15 bits per heavy atom. The van der Waals surface area contributed by atoms with Crippen LogP contribution in [0.5, 0.6) is 0 Å². The SMILES string of the molecule is CCCCCCCCCCCC(=O)NCC(CCCCCCCCCC)NC(=O)CCCCCCCCCCC. The fraction of sp³-hybridized carbons (Fsp3) is 0.944. The summed E-state index contributed by atoms with van der Waals surface area (Å²) >= 11 is 0. The summed E-state index contributed by atoms with van der Waals surface area (Å²) in [6, 6.07) is 0.0678. The van der Waals surface area contributed by atoms with E-state index in [1.54, 1.807) is 0 Å². The van der Waals surface area contributed by atoms with Crippen LogP contribution < -0.4 is 10.6 Å². The van der Waals surface area contributed by atoms with Gasteiger partial charge in [0.25, 0.3) is 0 Å². The average Bonchev–Trinajstić information content (AvgIpc) is 2.95. The van der Waals surface area contributed by atoms with Crippen LogP contribution in [-0.2, 0) is 9.59 Å². The molecule has 0 radical (unpaired) electrons. The molecule has 2 amide bonds. The Bertz CT molecular complexity index is 537. The first-order chi connectivity index (χ1) is 19.6. The van der Waals surface area contributed by atoms with Crippen LogP contribution in [0.2, 0.25) is 0 Å². The first-order valence-electron chi connectivity index (χ1n) is 18.2. The van der Waals surface area contributed by atoms with Crippen molar-refractivity contribution in [3.05, 3.63) is 0 Å². The molecule has 0 aliphatic carbocycles. The van der Waals surface area contributed by atoms with Gasteiger partial charge in [0.15, 0.2) is 0 Å². The van der Waals surface area contributed by atoms with Crippen LogP contribution in [-0.4, -0.2) is 24.4 Å². The lowest BCUT2D eigenvalue weighted by Gasteiger charge is -2.20. The molecule has 2 N–H and O–H groups in total. The van der Waals surface area contributed by atoms with E-state index >= 15 is 0 Å². The highest BCUT2D eigenvalue weighted by atomic mass is 16.2. The summed E-state index contributed by atoms with van der Waals surface area (Å²) in [7, 11) is 0. The molecule has 1 unspecified atom stereocenters. The second-order valence-electron chi connectivity index (χ2n) is 12.5. The van der Waals surface area contributed by atoms with Crippen LogP contribution in [0, 0.1) is 0 Å². The number of hydrogen-bond donors (Lipinski definition) is 2. The van der Waals surface area contributed by atoms with Gasteiger partial charge in [0.05, 0.1) is 0 Å². The van der Waals surface area contributed by atoms with E-state index in [1.165, 1.54) is 135 Å². The van der Waals surface area contributed by atoms with E-state index in [0.717, 1.165) is 38.5 Å². The maximum Gasteiger partial charge on any atom is 0.220 e. The average molecular weight is 565 g/mol. The third kappa shape index (κ3) is 29.9. The summed E-state index contributed by atoms with van der Waals surface area (Å²) in [6.45, 7) is 7.36. The summed E-state index contributed by atoms with van der Waals surface area (Å²) in [5.74, 6) is 0.317. The molecule has 0 fully saturated rings. The fourth-order valence-corrected chi connectivity index (χ4v) is 5.57. The standard InChI is InChI=1S/C36H72N2O2/c1-4-7-10-13-16-19-22-25-28-31-35(39)37-33-34(30-27-24-21-18-15-12-9-6-3)38-36(40)32-29-26-23-20-17-14-11-8-5-2/h34H,4-33H2,1-3H3,(H,37,39)(H,38,40). The van der Waals surface area contributed by atoms with Gasteiger partial charge in [0.2, 0.25) is 11.8 Å². The van der Waals surface area contributed by atoms with Crippen LogP contribution in [0.1, 0.15) is 207 Å². The van der Waals surface area contributed by atoms with Gasteiger partial charge < -0.3 is 10.6 Å². The molecule has 0 aromatic carbocycles. The van der Waals surface area contributed by atoms with Crippen molar-refractivity contribution in [2.75, 3.05) is 6.54 Å². The first-order valence-corrected chi connectivity index (χ1v) is 18.2. The topological polar surface area (TPSA) is 58.2 Å². The fourth-order valence-electron chi connectivity index (χ4n) is 5.57. The van der Waals surface area contributed by atoms with Gasteiger partial charge in [-0.3, -0.25) is 9.59 Å². The van der Waals surface area contributed by atoms with Gasteiger partial charge in [-0.15, -0.1) is 0 Å². The molecule has 0 rings (SSSR count). The zero-order valence-electron chi connectivity index (χ0n) is 27.6. The highest BCUT2D eigenvalue weighted by Crippen LogP contribution is 2.13. The van der Waals surface area contributed by atoms with Gasteiger partial charge in [-0.1, -0.05) is 175 Å². The molecule has 238 valence electrons. The molecule has 0 aliphatic heterocycles. The predicted octanol–water partition coefficient (Wildman–Crippen LogP) is 11.0. The molecule has 0 heterocycles. The third-order valence-electron chi connectivity index (χ3n) is 8.33. The molecule has 0 aromatic heterocycles. The van der Waals surface area contributed by atoms with Crippen LogP contribution in [0.4, 0.5) is 0 Å². The molecule has 0 spiro atoms. The second kappa shape index (κ2) is 32.5. The molecule has 4 nitrogen and oxygen atoms in total. The van der Waals surface area contributed by atoms with Crippen molar-refractivity contribution >= 4 is 11.8 Å². The van der Waals surface area contributed by atoms with Gasteiger partial charge in [-0.25, -0.2) is 0 Å². The monoisotopic (exact) mass is 565 g/mol. The van der Waals surface area contributed by atoms with Crippen LogP contribution in [0.25, 0.3) is 0 Å².